The Morgan fingerprint density at radius 2 is 1.72 bits per heavy atom. The standard InChI is InChI=1S/C21H16ClN3O3S/c1-23-29(26,27)18-12-5-9-15(14-7-3-2-4-8-14)21(18)28-19-13-24-20-16(22)10-6-11-17(20)25-19/h2-13,23H,1H3. The fraction of sp³-hybridized carbons (Fsp3) is 0.0476. The SMILES string of the molecule is CNS(=O)(=O)c1cccc(-c2ccccc2)c1Oc1cnc2c(Cl)cccc2n1. The van der Waals surface area contributed by atoms with Gasteiger partial charge in [0.05, 0.1) is 16.7 Å². The maximum absolute atomic E-state index is 12.6. The number of sulfonamides is 1. The summed E-state index contributed by atoms with van der Waals surface area (Å²) in [6.07, 6.45) is 1.42. The third-order valence-electron chi connectivity index (χ3n) is 4.33. The molecule has 4 aromatic rings. The summed E-state index contributed by atoms with van der Waals surface area (Å²) in [6.45, 7) is 0. The van der Waals surface area contributed by atoms with Crippen molar-refractivity contribution in [2.75, 3.05) is 7.05 Å². The van der Waals surface area contributed by atoms with Crippen LogP contribution in [0.1, 0.15) is 0 Å². The molecule has 1 aromatic heterocycles. The van der Waals surface area contributed by atoms with E-state index in [1.165, 1.54) is 19.3 Å². The fourth-order valence-electron chi connectivity index (χ4n) is 2.93. The van der Waals surface area contributed by atoms with Crippen LogP contribution in [-0.4, -0.2) is 25.4 Å². The number of ether oxygens (including phenoxy) is 1. The van der Waals surface area contributed by atoms with E-state index in [0.29, 0.717) is 21.6 Å². The summed E-state index contributed by atoms with van der Waals surface area (Å²) >= 11 is 6.15. The van der Waals surface area contributed by atoms with E-state index in [0.717, 1.165) is 5.56 Å². The molecule has 0 saturated heterocycles. The second-order valence-corrected chi connectivity index (χ2v) is 8.39. The number of nitrogens with zero attached hydrogens (tertiary/aromatic N) is 2. The third-order valence-corrected chi connectivity index (χ3v) is 6.07. The van der Waals surface area contributed by atoms with Gasteiger partial charge in [-0.1, -0.05) is 60.1 Å². The summed E-state index contributed by atoms with van der Waals surface area (Å²) in [5, 5.41) is 0.477. The summed E-state index contributed by atoms with van der Waals surface area (Å²) in [5.74, 6) is 0.333. The van der Waals surface area contributed by atoms with Gasteiger partial charge in [0.25, 0.3) is 0 Å². The van der Waals surface area contributed by atoms with E-state index in [1.54, 1.807) is 30.3 Å². The van der Waals surface area contributed by atoms with Gasteiger partial charge in [0.1, 0.15) is 10.4 Å². The van der Waals surface area contributed by atoms with Gasteiger partial charge in [0, 0.05) is 5.56 Å². The molecule has 4 rings (SSSR count). The van der Waals surface area contributed by atoms with Gasteiger partial charge in [-0.2, -0.15) is 0 Å². The van der Waals surface area contributed by atoms with E-state index in [-0.39, 0.29) is 16.5 Å². The Kier molecular flexibility index (Phi) is 5.19. The first kappa shape index (κ1) is 19.3. The third kappa shape index (κ3) is 3.80. The number of benzene rings is 3. The highest BCUT2D eigenvalue weighted by Crippen LogP contribution is 2.38. The summed E-state index contributed by atoms with van der Waals surface area (Å²) in [5.41, 5.74) is 2.52. The fourth-order valence-corrected chi connectivity index (χ4v) is 4.02. The van der Waals surface area contributed by atoms with Crippen LogP contribution in [0.2, 0.25) is 5.02 Å². The number of rotatable bonds is 5. The lowest BCUT2D eigenvalue weighted by atomic mass is 10.0. The molecular formula is C21H16ClN3O3S. The Bertz CT molecular complexity index is 1300. The van der Waals surface area contributed by atoms with E-state index in [4.69, 9.17) is 16.3 Å². The quantitative estimate of drug-likeness (QED) is 0.503. The van der Waals surface area contributed by atoms with Gasteiger partial charge in [-0.15, -0.1) is 0 Å². The zero-order valence-electron chi connectivity index (χ0n) is 15.3. The van der Waals surface area contributed by atoms with Gasteiger partial charge in [-0.25, -0.2) is 23.1 Å². The topological polar surface area (TPSA) is 81.2 Å². The van der Waals surface area contributed by atoms with Crippen LogP contribution in [0.25, 0.3) is 22.2 Å². The highest BCUT2D eigenvalue weighted by atomic mass is 35.5. The molecule has 0 aliphatic carbocycles. The second-order valence-electron chi connectivity index (χ2n) is 6.12. The average Bonchev–Trinajstić information content (AvgIpc) is 2.74. The minimum absolute atomic E-state index is 0.00865. The lowest BCUT2D eigenvalue weighted by molar-refractivity contribution is 0.450. The van der Waals surface area contributed by atoms with Crippen LogP contribution in [0, 0.1) is 0 Å². The van der Waals surface area contributed by atoms with Crippen molar-refractivity contribution in [2.45, 2.75) is 4.90 Å². The maximum Gasteiger partial charge on any atom is 0.244 e. The van der Waals surface area contributed by atoms with E-state index >= 15 is 0 Å². The molecule has 1 N–H and O–H groups in total. The highest BCUT2D eigenvalue weighted by Gasteiger charge is 2.22. The molecule has 0 atom stereocenters. The van der Waals surface area contributed by atoms with Crippen LogP contribution in [0.3, 0.4) is 0 Å². The molecule has 0 fully saturated rings. The molecule has 0 radical (unpaired) electrons. The maximum atomic E-state index is 12.6. The smallest absolute Gasteiger partial charge is 0.244 e. The van der Waals surface area contributed by atoms with Crippen LogP contribution >= 0.6 is 11.6 Å². The molecule has 29 heavy (non-hydrogen) atoms. The lowest BCUT2D eigenvalue weighted by Crippen LogP contribution is -2.19. The molecule has 0 amide bonds. The first-order valence-electron chi connectivity index (χ1n) is 8.71. The molecule has 0 unspecified atom stereocenters. The van der Waals surface area contributed by atoms with Crippen LogP contribution in [0.15, 0.2) is 77.8 Å². The Balaban J connectivity index is 1.89. The molecule has 146 valence electrons. The van der Waals surface area contributed by atoms with Crippen molar-refractivity contribution in [3.8, 4) is 22.8 Å². The van der Waals surface area contributed by atoms with Gasteiger partial charge in [-0.05, 0) is 30.8 Å². The van der Waals surface area contributed by atoms with Crippen molar-refractivity contribution in [3.05, 3.63) is 77.9 Å². The Morgan fingerprint density at radius 3 is 2.48 bits per heavy atom. The first-order chi connectivity index (χ1) is 14.0. The number of aromatic nitrogens is 2. The summed E-state index contributed by atoms with van der Waals surface area (Å²) < 4.78 is 33.5. The van der Waals surface area contributed by atoms with Crippen molar-refractivity contribution >= 4 is 32.7 Å². The summed E-state index contributed by atoms with van der Waals surface area (Å²) in [4.78, 5) is 8.75. The Morgan fingerprint density at radius 1 is 0.966 bits per heavy atom. The van der Waals surface area contributed by atoms with E-state index in [1.807, 2.05) is 30.3 Å². The molecule has 0 bridgehead atoms. The van der Waals surface area contributed by atoms with E-state index in [2.05, 4.69) is 14.7 Å². The van der Waals surface area contributed by atoms with Gasteiger partial charge in [-0.3, -0.25) is 0 Å². The lowest BCUT2D eigenvalue weighted by Gasteiger charge is -2.15. The molecule has 0 aliphatic rings. The van der Waals surface area contributed by atoms with Gasteiger partial charge < -0.3 is 4.74 Å². The summed E-state index contributed by atoms with van der Waals surface area (Å²) in [7, 11) is -2.42. The van der Waals surface area contributed by atoms with Gasteiger partial charge in [0.15, 0.2) is 5.75 Å². The molecule has 6 nitrogen and oxygen atoms in total. The van der Waals surface area contributed by atoms with Crippen LogP contribution in [-0.2, 0) is 10.0 Å². The van der Waals surface area contributed by atoms with Crippen LogP contribution in [0.5, 0.6) is 11.6 Å². The largest absolute Gasteiger partial charge is 0.435 e. The van der Waals surface area contributed by atoms with Crippen molar-refractivity contribution in [3.63, 3.8) is 0 Å². The monoisotopic (exact) mass is 425 g/mol. The number of fused-ring (bicyclic) bond motifs is 1. The molecule has 1 heterocycles. The van der Waals surface area contributed by atoms with Crippen molar-refractivity contribution in [2.24, 2.45) is 0 Å². The van der Waals surface area contributed by atoms with E-state index in [9.17, 15) is 8.42 Å². The number of nitrogens with one attached hydrogen (secondary N) is 1. The predicted octanol–water partition coefficient (Wildman–Crippen LogP) is 4.65. The number of halogens is 1. The molecule has 8 heteroatoms. The molecule has 0 aliphatic heterocycles. The van der Waals surface area contributed by atoms with Crippen LogP contribution in [0.4, 0.5) is 0 Å². The minimum Gasteiger partial charge on any atom is -0.435 e. The predicted molar refractivity (Wildman–Crippen MR) is 113 cm³/mol. The number of hydrogen-bond donors (Lipinski definition) is 1. The zero-order valence-corrected chi connectivity index (χ0v) is 16.9. The average molecular weight is 426 g/mol. The molecule has 3 aromatic carbocycles. The van der Waals surface area contributed by atoms with Crippen molar-refractivity contribution in [1.29, 1.82) is 0 Å². The van der Waals surface area contributed by atoms with Gasteiger partial charge in [0.2, 0.25) is 15.9 Å². The zero-order chi connectivity index (χ0) is 20.4. The van der Waals surface area contributed by atoms with E-state index < -0.39 is 10.0 Å². The summed E-state index contributed by atoms with van der Waals surface area (Å²) in [6, 6.07) is 19.6. The minimum atomic E-state index is -3.77. The Hall–Kier alpha value is -3.00. The highest BCUT2D eigenvalue weighted by molar-refractivity contribution is 7.89. The molecule has 0 spiro atoms. The number of para-hydroxylation sites is 2. The van der Waals surface area contributed by atoms with Crippen LogP contribution < -0.4 is 9.46 Å². The first-order valence-corrected chi connectivity index (χ1v) is 10.6. The second kappa shape index (κ2) is 7.79. The molecular weight excluding hydrogens is 410 g/mol. The Labute approximate surface area is 173 Å². The molecule has 0 saturated carbocycles. The van der Waals surface area contributed by atoms with Crippen molar-refractivity contribution < 1.29 is 13.2 Å². The van der Waals surface area contributed by atoms with Crippen molar-refractivity contribution in [1.82, 2.24) is 14.7 Å². The number of hydrogen-bond acceptors (Lipinski definition) is 5. The normalized spacial score (nSPS) is 11.5. The van der Waals surface area contributed by atoms with Gasteiger partial charge >= 0.3 is 0 Å².